The second-order valence-electron chi connectivity index (χ2n) is 5.68. The van der Waals surface area contributed by atoms with E-state index in [-0.39, 0.29) is 24.9 Å². The molecule has 1 saturated heterocycles. The second-order valence-corrected chi connectivity index (χ2v) is 6.61. The van der Waals surface area contributed by atoms with Gasteiger partial charge in [0.15, 0.2) is 0 Å². The van der Waals surface area contributed by atoms with Crippen LogP contribution in [0.5, 0.6) is 0 Å². The molecule has 0 aliphatic carbocycles. The number of nitrogens with one attached hydrogen (secondary N) is 1. The molecule has 1 fully saturated rings. The summed E-state index contributed by atoms with van der Waals surface area (Å²) in [6.07, 6.45) is 0. The Morgan fingerprint density at radius 3 is 2.58 bits per heavy atom. The van der Waals surface area contributed by atoms with Crippen molar-refractivity contribution in [2.24, 2.45) is 0 Å². The Hall–Kier alpha value is -3.18. The Morgan fingerprint density at radius 1 is 1.19 bits per heavy atom. The van der Waals surface area contributed by atoms with E-state index >= 15 is 0 Å². The third kappa shape index (κ3) is 3.90. The Kier molecular flexibility index (Phi) is 5.29. The van der Waals surface area contributed by atoms with Crippen LogP contribution in [0, 0.1) is 11.3 Å². The highest BCUT2D eigenvalue weighted by Gasteiger charge is 2.28. The molecule has 1 aromatic carbocycles. The van der Waals surface area contributed by atoms with Gasteiger partial charge >= 0.3 is 0 Å². The summed E-state index contributed by atoms with van der Waals surface area (Å²) in [5.74, 6) is -0.831. The fraction of sp³-hybridized carbons (Fsp3) is 0.222. The standard InChI is InChI=1S/C18H16N4O3S/c19-10-13-3-5-14(6-4-13)18(25)20-11-15(23)21-7-8-22(16(24)12-21)17-2-1-9-26-17/h1-6,9H,7-8,11-12H2,(H,20,25). The van der Waals surface area contributed by atoms with Gasteiger partial charge in [-0.15, -0.1) is 11.3 Å². The predicted octanol–water partition coefficient (Wildman–Crippen LogP) is 1.22. The monoisotopic (exact) mass is 368 g/mol. The average Bonchev–Trinajstić information content (AvgIpc) is 3.20. The largest absolute Gasteiger partial charge is 0.343 e. The molecule has 8 heteroatoms. The minimum absolute atomic E-state index is 0.00344. The summed E-state index contributed by atoms with van der Waals surface area (Å²) in [6.45, 7) is 0.693. The molecule has 0 unspecified atom stereocenters. The topological polar surface area (TPSA) is 93.5 Å². The number of benzene rings is 1. The molecule has 2 heterocycles. The number of thiophene rings is 1. The third-order valence-electron chi connectivity index (χ3n) is 4.02. The van der Waals surface area contributed by atoms with Gasteiger partial charge in [-0.2, -0.15) is 5.26 Å². The van der Waals surface area contributed by atoms with E-state index in [9.17, 15) is 14.4 Å². The number of carbonyl (C=O) groups excluding carboxylic acids is 3. The first kappa shape index (κ1) is 17.6. The first-order valence-electron chi connectivity index (χ1n) is 7.98. The molecule has 0 atom stereocenters. The Morgan fingerprint density at radius 2 is 1.96 bits per heavy atom. The van der Waals surface area contributed by atoms with Gasteiger partial charge in [-0.25, -0.2) is 0 Å². The molecule has 1 N–H and O–H groups in total. The molecule has 0 radical (unpaired) electrons. The van der Waals surface area contributed by atoms with Gasteiger partial charge in [0.05, 0.1) is 23.2 Å². The van der Waals surface area contributed by atoms with Gasteiger partial charge in [-0.3, -0.25) is 14.4 Å². The van der Waals surface area contributed by atoms with Crippen LogP contribution in [0.4, 0.5) is 5.00 Å². The first-order valence-corrected chi connectivity index (χ1v) is 8.86. The molecule has 0 spiro atoms. The number of piperazine rings is 1. The van der Waals surface area contributed by atoms with Crippen LogP contribution in [0.3, 0.4) is 0 Å². The molecular weight excluding hydrogens is 352 g/mol. The first-order chi connectivity index (χ1) is 12.6. The minimum atomic E-state index is -0.397. The van der Waals surface area contributed by atoms with Crippen molar-refractivity contribution in [3.63, 3.8) is 0 Å². The van der Waals surface area contributed by atoms with E-state index in [2.05, 4.69) is 5.32 Å². The lowest BCUT2D eigenvalue weighted by atomic mass is 10.1. The molecule has 3 amide bonds. The number of anilines is 1. The van der Waals surface area contributed by atoms with Crippen LogP contribution in [-0.2, 0) is 9.59 Å². The van der Waals surface area contributed by atoms with Crippen molar-refractivity contribution >= 4 is 34.1 Å². The Labute approximate surface area is 154 Å². The minimum Gasteiger partial charge on any atom is -0.343 e. The van der Waals surface area contributed by atoms with E-state index < -0.39 is 5.91 Å². The number of nitrogens with zero attached hydrogens (tertiary/aromatic N) is 3. The number of amides is 3. The molecule has 0 bridgehead atoms. The average molecular weight is 368 g/mol. The summed E-state index contributed by atoms with van der Waals surface area (Å²) in [5.41, 5.74) is 0.829. The lowest BCUT2D eigenvalue weighted by Crippen LogP contribution is -2.54. The third-order valence-corrected chi connectivity index (χ3v) is 4.91. The number of rotatable bonds is 4. The summed E-state index contributed by atoms with van der Waals surface area (Å²) < 4.78 is 0. The van der Waals surface area contributed by atoms with Gasteiger partial charge in [-0.05, 0) is 41.8 Å². The maximum absolute atomic E-state index is 12.3. The quantitative estimate of drug-likeness (QED) is 0.878. The van der Waals surface area contributed by atoms with Gasteiger partial charge in [0, 0.05) is 18.7 Å². The molecule has 26 heavy (non-hydrogen) atoms. The zero-order valence-electron chi connectivity index (χ0n) is 13.8. The van der Waals surface area contributed by atoms with Crippen LogP contribution in [0.15, 0.2) is 41.8 Å². The van der Waals surface area contributed by atoms with Crippen molar-refractivity contribution in [1.82, 2.24) is 10.2 Å². The van der Waals surface area contributed by atoms with Gasteiger partial charge in [-0.1, -0.05) is 0 Å². The smallest absolute Gasteiger partial charge is 0.251 e. The lowest BCUT2D eigenvalue weighted by molar-refractivity contribution is -0.136. The van der Waals surface area contributed by atoms with Gasteiger partial charge in [0.25, 0.3) is 5.91 Å². The summed E-state index contributed by atoms with van der Waals surface area (Å²) in [5, 5.41) is 14.1. The molecule has 1 aliphatic heterocycles. The van der Waals surface area contributed by atoms with Gasteiger partial charge in [0.2, 0.25) is 11.8 Å². The SMILES string of the molecule is N#Cc1ccc(C(=O)NCC(=O)N2CCN(c3cccs3)C(=O)C2)cc1. The van der Waals surface area contributed by atoms with E-state index in [1.54, 1.807) is 17.0 Å². The highest BCUT2D eigenvalue weighted by molar-refractivity contribution is 7.14. The van der Waals surface area contributed by atoms with E-state index in [0.29, 0.717) is 24.2 Å². The predicted molar refractivity (Wildman–Crippen MR) is 96.7 cm³/mol. The fourth-order valence-electron chi connectivity index (χ4n) is 2.61. The van der Waals surface area contributed by atoms with Crippen LogP contribution in [0.25, 0.3) is 0 Å². The number of hydrogen-bond acceptors (Lipinski definition) is 5. The Bertz CT molecular complexity index is 856. The van der Waals surface area contributed by atoms with Crippen molar-refractivity contribution in [3.8, 4) is 6.07 Å². The van der Waals surface area contributed by atoms with E-state index in [4.69, 9.17) is 5.26 Å². The van der Waals surface area contributed by atoms with Crippen molar-refractivity contribution in [3.05, 3.63) is 52.9 Å². The fourth-order valence-corrected chi connectivity index (χ4v) is 3.38. The molecule has 1 aliphatic rings. The highest BCUT2D eigenvalue weighted by atomic mass is 32.1. The summed E-state index contributed by atoms with van der Waals surface area (Å²) in [4.78, 5) is 39.7. The summed E-state index contributed by atoms with van der Waals surface area (Å²) in [7, 11) is 0. The van der Waals surface area contributed by atoms with E-state index in [1.165, 1.54) is 28.4 Å². The summed E-state index contributed by atoms with van der Waals surface area (Å²) >= 11 is 1.48. The number of carbonyl (C=O) groups is 3. The molecule has 132 valence electrons. The zero-order chi connectivity index (χ0) is 18.5. The van der Waals surface area contributed by atoms with Crippen molar-refractivity contribution in [2.75, 3.05) is 31.1 Å². The van der Waals surface area contributed by atoms with Gasteiger partial charge in [0.1, 0.15) is 6.54 Å². The van der Waals surface area contributed by atoms with Crippen molar-refractivity contribution in [1.29, 1.82) is 5.26 Å². The summed E-state index contributed by atoms with van der Waals surface area (Å²) in [6, 6.07) is 11.9. The van der Waals surface area contributed by atoms with Crippen LogP contribution in [0.1, 0.15) is 15.9 Å². The second kappa shape index (κ2) is 7.80. The highest BCUT2D eigenvalue weighted by Crippen LogP contribution is 2.23. The normalized spacial score (nSPS) is 14.0. The number of hydrogen-bond donors (Lipinski definition) is 1. The van der Waals surface area contributed by atoms with E-state index in [0.717, 1.165) is 5.00 Å². The van der Waals surface area contributed by atoms with Crippen molar-refractivity contribution < 1.29 is 14.4 Å². The van der Waals surface area contributed by atoms with Crippen LogP contribution < -0.4 is 10.2 Å². The van der Waals surface area contributed by atoms with Crippen LogP contribution in [0.2, 0.25) is 0 Å². The molecule has 3 rings (SSSR count). The molecular formula is C18H16N4O3S. The maximum Gasteiger partial charge on any atom is 0.251 e. The van der Waals surface area contributed by atoms with Crippen LogP contribution >= 0.6 is 11.3 Å². The van der Waals surface area contributed by atoms with Gasteiger partial charge < -0.3 is 15.1 Å². The molecule has 1 aromatic heterocycles. The zero-order valence-corrected chi connectivity index (χ0v) is 14.7. The van der Waals surface area contributed by atoms with Crippen LogP contribution in [-0.4, -0.2) is 48.8 Å². The molecule has 2 aromatic rings. The Balaban J connectivity index is 1.51. The number of nitriles is 1. The molecule has 0 saturated carbocycles. The maximum atomic E-state index is 12.3. The van der Waals surface area contributed by atoms with Crippen molar-refractivity contribution in [2.45, 2.75) is 0 Å². The van der Waals surface area contributed by atoms with E-state index in [1.807, 2.05) is 23.6 Å². The lowest BCUT2D eigenvalue weighted by Gasteiger charge is -2.33. The molecule has 7 nitrogen and oxygen atoms in total.